The van der Waals surface area contributed by atoms with Gasteiger partial charge in [0.2, 0.25) is 0 Å². The van der Waals surface area contributed by atoms with Gasteiger partial charge in [-0.15, -0.1) is 0 Å². The average Bonchev–Trinajstić information content (AvgIpc) is 3.53. The SMILES string of the molecule is CN=C(NCC(C1CC1)N(C)C)NC(C)c1ccc(OCC2CC2)c(F)c1. The number of likely N-dealkylation sites (N-methyl/N-ethyl adjacent to an activating group) is 1. The highest BCUT2D eigenvalue weighted by molar-refractivity contribution is 5.80. The van der Waals surface area contributed by atoms with E-state index in [-0.39, 0.29) is 11.9 Å². The van der Waals surface area contributed by atoms with E-state index in [0.29, 0.717) is 24.3 Å². The first-order valence-corrected chi connectivity index (χ1v) is 10.0. The highest BCUT2D eigenvalue weighted by Crippen LogP contribution is 2.34. The van der Waals surface area contributed by atoms with E-state index in [1.54, 1.807) is 19.2 Å². The first-order valence-electron chi connectivity index (χ1n) is 10.0. The Labute approximate surface area is 162 Å². The number of nitrogens with one attached hydrogen (secondary N) is 2. The van der Waals surface area contributed by atoms with Gasteiger partial charge in [-0.2, -0.15) is 0 Å². The van der Waals surface area contributed by atoms with E-state index in [9.17, 15) is 4.39 Å². The number of guanidine groups is 1. The fourth-order valence-corrected chi connectivity index (χ4v) is 3.33. The van der Waals surface area contributed by atoms with E-state index >= 15 is 0 Å². The first-order chi connectivity index (χ1) is 13.0. The second-order valence-corrected chi connectivity index (χ2v) is 8.13. The van der Waals surface area contributed by atoms with E-state index < -0.39 is 0 Å². The summed E-state index contributed by atoms with van der Waals surface area (Å²) in [6, 6.07) is 5.67. The zero-order valence-corrected chi connectivity index (χ0v) is 17.0. The van der Waals surface area contributed by atoms with E-state index in [4.69, 9.17) is 4.74 Å². The molecule has 0 heterocycles. The van der Waals surface area contributed by atoms with Crippen LogP contribution >= 0.6 is 0 Å². The molecule has 1 aromatic rings. The van der Waals surface area contributed by atoms with Gasteiger partial charge in [-0.3, -0.25) is 4.99 Å². The van der Waals surface area contributed by atoms with E-state index in [0.717, 1.165) is 24.0 Å². The molecule has 0 radical (unpaired) electrons. The maximum atomic E-state index is 14.3. The van der Waals surface area contributed by atoms with Crippen LogP contribution in [0.3, 0.4) is 0 Å². The Hall–Kier alpha value is -1.82. The Morgan fingerprint density at radius 1 is 1.30 bits per heavy atom. The van der Waals surface area contributed by atoms with Gasteiger partial charge in [0.05, 0.1) is 12.6 Å². The number of aliphatic imine (C=N–C) groups is 1. The van der Waals surface area contributed by atoms with Crippen molar-refractivity contribution in [1.82, 2.24) is 15.5 Å². The fourth-order valence-electron chi connectivity index (χ4n) is 3.33. The van der Waals surface area contributed by atoms with Gasteiger partial charge in [0.25, 0.3) is 0 Å². The molecule has 1 aromatic carbocycles. The largest absolute Gasteiger partial charge is 0.490 e. The fraction of sp³-hybridized carbons (Fsp3) is 0.667. The Bertz CT molecular complexity index is 654. The lowest BCUT2D eigenvalue weighted by Gasteiger charge is -2.26. The van der Waals surface area contributed by atoms with Crippen molar-refractivity contribution in [2.24, 2.45) is 16.8 Å². The Kier molecular flexibility index (Phi) is 6.58. The van der Waals surface area contributed by atoms with Crippen molar-refractivity contribution in [1.29, 1.82) is 0 Å². The number of ether oxygens (including phenoxy) is 1. The lowest BCUT2D eigenvalue weighted by Crippen LogP contribution is -2.46. The molecule has 6 heteroatoms. The summed E-state index contributed by atoms with van der Waals surface area (Å²) in [6.45, 7) is 3.48. The van der Waals surface area contributed by atoms with Crippen molar-refractivity contribution >= 4 is 5.96 Å². The van der Waals surface area contributed by atoms with Crippen LogP contribution in [0.4, 0.5) is 4.39 Å². The number of hydrogen-bond donors (Lipinski definition) is 2. The molecule has 5 nitrogen and oxygen atoms in total. The molecular weight excluding hydrogens is 343 g/mol. The molecule has 2 unspecified atom stereocenters. The third-order valence-electron chi connectivity index (χ3n) is 5.51. The standard InChI is InChI=1S/C21H33FN4O/c1-14(17-9-10-20(18(22)11-17)27-13-15-5-6-15)25-21(23-2)24-12-19(26(3)4)16-7-8-16/h9-11,14-16,19H,5-8,12-13H2,1-4H3,(H2,23,24,25). The summed E-state index contributed by atoms with van der Waals surface area (Å²) in [7, 11) is 6.01. The van der Waals surface area contributed by atoms with Crippen LogP contribution in [0.1, 0.15) is 44.2 Å². The molecule has 0 amide bonds. The second kappa shape index (κ2) is 8.91. The van der Waals surface area contributed by atoms with Crippen LogP contribution in [0, 0.1) is 17.7 Å². The van der Waals surface area contributed by atoms with E-state index in [1.165, 1.54) is 25.7 Å². The Morgan fingerprint density at radius 3 is 2.59 bits per heavy atom. The third-order valence-corrected chi connectivity index (χ3v) is 5.51. The van der Waals surface area contributed by atoms with Crippen molar-refractivity contribution in [2.45, 2.75) is 44.7 Å². The number of halogens is 1. The van der Waals surface area contributed by atoms with Crippen molar-refractivity contribution < 1.29 is 9.13 Å². The summed E-state index contributed by atoms with van der Waals surface area (Å²) < 4.78 is 19.9. The minimum atomic E-state index is -0.300. The minimum Gasteiger partial charge on any atom is -0.490 e. The molecule has 2 atom stereocenters. The molecule has 0 saturated heterocycles. The van der Waals surface area contributed by atoms with Crippen LogP contribution in [0.15, 0.2) is 23.2 Å². The number of nitrogens with zero attached hydrogens (tertiary/aromatic N) is 2. The second-order valence-electron chi connectivity index (χ2n) is 8.13. The highest BCUT2D eigenvalue weighted by Gasteiger charge is 2.32. The molecule has 0 bridgehead atoms. The third kappa shape index (κ3) is 5.83. The summed E-state index contributed by atoms with van der Waals surface area (Å²) >= 11 is 0. The molecule has 2 N–H and O–H groups in total. The molecule has 27 heavy (non-hydrogen) atoms. The van der Waals surface area contributed by atoms with Crippen molar-refractivity contribution in [3.63, 3.8) is 0 Å². The molecule has 0 aliphatic heterocycles. The summed E-state index contributed by atoms with van der Waals surface area (Å²) in [5.74, 6) is 2.18. The van der Waals surface area contributed by atoms with Gasteiger partial charge in [0.1, 0.15) is 0 Å². The summed E-state index contributed by atoms with van der Waals surface area (Å²) in [6.07, 6.45) is 5.01. The number of hydrogen-bond acceptors (Lipinski definition) is 3. The highest BCUT2D eigenvalue weighted by atomic mass is 19.1. The Balaban J connectivity index is 1.52. The summed E-state index contributed by atoms with van der Waals surface area (Å²) in [5, 5.41) is 6.77. The van der Waals surface area contributed by atoms with E-state index in [2.05, 4.69) is 34.6 Å². The first kappa shape index (κ1) is 19.9. The van der Waals surface area contributed by atoms with Gasteiger partial charge in [-0.1, -0.05) is 6.07 Å². The smallest absolute Gasteiger partial charge is 0.191 e. The van der Waals surface area contributed by atoms with Gasteiger partial charge < -0.3 is 20.3 Å². The van der Waals surface area contributed by atoms with Gasteiger partial charge in [0, 0.05) is 19.6 Å². The minimum absolute atomic E-state index is 0.0538. The monoisotopic (exact) mass is 376 g/mol. The van der Waals surface area contributed by atoms with Gasteiger partial charge >= 0.3 is 0 Å². The predicted molar refractivity (Wildman–Crippen MR) is 108 cm³/mol. The summed E-state index contributed by atoms with van der Waals surface area (Å²) in [5.41, 5.74) is 0.876. The molecule has 2 aliphatic carbocycles. The molecule has 0 aromatic heterocycles. The number of rotatable bonds is 9. The molecule has 2 fully saturated rings. The van der Waals surface area contributed by atoms with Crippen LogP contribution < -0.4 is 15.4 Å². The zero-order valence-electron chi connectivity index (χ0n) is 17.0. The van der Waals surface area contributed by atoms with Crippen LogP contribution in [0.2, 0.25) is 0 Å². The molecule has 150 valence electrons. The summed E-state index contributed by atoms with van der Waals surface area (Å²) in [4.78, 5) is 6.59. The molecule has 2 saturated carbocycles. The van der Waals surface area contributed by atoms with Crippen LogP contribution in [-0.2, 0) is 0 Å². The van der Waals surface area contributed by atoms with Gasteiger partial charge in [-0.25, -0.2) is 4.39 Å². The average molecular weight is 377 g/mol. The maximum absolute atomic E-state index is 14.3. The van der Waals surface area contributed by atoms with Crippen molar-refractivity contribution in [3.8, 4) is 5.75 Å². The van der Waals surface area contributed by atoms with Crippen molar-refractivity contribution in [3.05, 3.63) is 29.6 Å². The van der Waals surface area contributed by atoms with E-state index in [1.807, 2.05) is 13.0 Å². The molecule has 0 spiro atoms. The van der Waals surface area contributed by atoms with Crippen LogP contribution in [0.25, 0.3) is 0 Å². The zero-order chi connectivity index (χ0) is 19.4. The van der Waals surface area contributed by atoms with Crippen LogP contribution in [-0.4, -0.2) is 51.2 Å². The number of benzene rings is 1. The van der Waals surface area contributed by atoms with Gasteiger partial charge in [-0.05, 0) is 76.2 Å². The quantitative estimate of drug-likeness (QED) is 0.513. The Morgan fingerprint density at radius 2 is 2.04 bits per heavy atom. The maximum Gasteiger partial charge on any atom is 0.191 e. The predicted octanol–water partition coefficient (Wildman–Crippen LogP) is 3.18. The lowest BCUT2D eigenvalue weighted by molar-refractivity contribution is 0.264. The van der Waals surface area contributed by atoms with Crippen LogP contribution in [0.5, 0.6) is 5.75 Å². The normalized spacial score (nSPS) is 19.7. The molecule has 3 rings (SSSR count). The molecule has 2 aliphatic rings. The van der Waals surface area contributed by atoms with Crippen molar-refractivity contribution in [2.75, 3.05) is 34.3 Å². The van der Waals surface area contributed by atoms with Gasteiger partial charge in [0.15, 0.2) is 17.5 Å². The molecular formula is C21H33FN4O. The lowest BCUT2D eigenvalue weighted by atomic mass is 10.1. The topological polar surface area (TPSA) is 48.9 Å².